The predicted molar refractivity (Wildman–Crippen MR) is 64.0 cm³/mol. The number of hydrogen-bond acceptors (Lipinski definition) is 3. The van der Waals surface area contributed by atoms with Gasteiger partial charge in [0.05, 0.1) is 18.2 Å². The molecule has 4 unspecified atom stereocenters. The van der Waals surface area contributed by atoms with E-state index in [2.05, 4.69) is 6.92 Å². The molecule has 1 saturated heterocycles. The second-order valence-electron chi connectivity index (χ2n) is 4.91. The highest BCUT2D eigenvalue weighted by Gasteiger charge is 2.30. The molecule has 4 heteroatoms. The Hall–Kier alpha value is -0.610. The first-order valence-corrected chi connectivity index (χ1v) is 6.15. The van der Waals surface area contributed by atoms with E-state index in [1.165, 1.54) is 0 Å². The lowest BCUT2D eigenvalue weighted by Gasteiger charge is -2.37. The van der Waals surface area contributed by atoms with E-state index in [1.807, 2.05) is 25.7 Å². The lowest BCUT2D eigenvalue weighted by Crippen LogP contribution is -2.54. The third-order valence-electron chi connectivity index (χ3n) is 3.27. The molecule has 0 radical (unpaired) electrons. The summed E-state index contributed by atoms with van der Waals surface area (Å²) < 4.78 is 5.60. The van der Waals surface area contributed by atoms with Crippen LogP contribution in [0.5, 0.6) is 0 Å². The first kappa shape index (κ1) is 13.5. The van der Waals surface area contributed by atoms with Crippen LogP contribution in [-0.4, -0.2) is 42.1 Å². The van der Waals surface area contributed by atoms with Gasteiger partial charge in [-0.3, -0.25) is 4.79 Å². The maximum absolute atomic E-state index is 12.1. The normalized spacial score (nSPS) is 29.9. The van der Waals surface area contributed by atoms with Gasteiger partial charge in [-0.1, -0.05) is 20.3 Å². The number of carbonyl (C=O) groups is 1. The van der Waals surface area contributed by atoms with Gasteiger partial charge in [-0.2, -0.15) is 0 Å². The molecular weight excluding hydrogens is 204 g/mol. The maximum Gasteiger partial charge on any atom is 0.239 e. The largest absolute Gasteiger partial charge is 0.372 e. The van der Waals surface area contributed by atoms with E-state index < -0.39 is 0 Å². The van der Waals surface area contributed by atoms with Crippen LogP contribution in [0, 0.1) is 5.92 Å². The number of carbonyl (C=O) groups excluding carboxylic acids is 1. The van der Waals surface area contributed by atoms with Crippen molar-refractivity contribution in [2.24, 2.45) is 11.7 Å². The molecule has 4 atom stereocenters. The van der Waals surface area contributed by atoms with Gasteiger partial charge < -0.3 is 15.4 Å². The monoisotopic (exact) mass is 228 g/mol. The van der Waals surface area contributed by atoms with Gasteiger partial charge in [-0.05, 0) is 19.8 Å². The van der Waals surface area contributed by atoms with E-state index >= 15 is 0 Å². The molecule has 0 bridgehead atoms. The molecule has 0 aromatic heterocycles. The van der Waals surface area contributed by atoms with Crippen molar-refractivity contribution in [3.05, 3.63) is 0 Å². The molecule has 1 aliphatic rings. The van der Waals surface area contributed by atoms with Gasteiger partial charge in [0.15, 0.2) is 0 Å². The third kappa shape index (κ3) is 3.19. The number of amides is 1. The zero-order valence-corrected chi connectivity index (χ0v) is 10.8. The summed E-state index contributed by atoms with van der Waals surface area (Å²) in [6.07, 6.45) is 1.15. The van der Waals surface area contributed by atoms with Crippen molar-refractivity contribution in [1.82, 2.24) is 4.90 Å². The van der Waals surface area contributed by atoms with Gasteiger partial charge in [0.1, 0.15) is 0 Å². The van der Waals surface area contributed by atoms with Gasteiger partial charge in [-0.25, -0.2) is 0 Å². The SMILES string of the molecule is CCC(C)C(N)C(=O)N1CC(C)OC(C)C1. The first-order valence-electron chi connectivity index (χ1n) is 6.15. The molecule has 1 aliphatic heterocycles. The highest BCUT2D eigenvalue weighted by atomic mass is 16.5. The van der Waals surface area contributed by atoms with Crippen molar-refractivity contribution in [1.29, 1.82) is 0 Å². The molecule has 1 amide bonds. The first-order chi connectivity index (χ1) is 7.45. The van der Waals surface area contributed by atoms with Crippen LogP contribution >= 0.6 is 0 Å². The van der Waals surface area contributed by atoms with Gasteiger partial charge in [0.25, 0.3) is 0 Å². The molecule has 0 spiro atoms. The van der Waals surface area contributed by atoms with Crippen LogP contribution in [-0.2, 0) is 9.53 Å². The average molecular weight is 228 g/mol. The average Bonchev–Trinajstić information content (AvgIpc) is 2.24. The minimum atomic E-state index is -0.373. The molecule has 1 rings (SSSR count). The number of rotatable bonds is 3. The van der Waals surface area contributed by atoms with Crippen LogP contribution in [0.1, 0.15) is 34.1 Å². The Morgan fingerprint density at radius 2 is 1.94 bits per heavy atom. The highest BCUT2D eigenvalue weighted by molar-refractivity contribution is 5.82. The third-order valence-corrected chi connectivity index (χ3v) is 3.27. The zero-order chi connectivity index (χ0) is 12.3. The fourth-order valence-electron chi connectivity index (χ4n) is 2.07. The van der Waals surface area contributed by atoms with Crippen LogP contribution in [0.25, 0.3) is 0 Å². The summed E-state index contributed by atoms with van der Waals surface area (Å²) in [6.45, 7) is 9.38. The molecule has 2 N–H and O–H groups in total. The maximum atomic E-state index is 12.1. The van der Waals surface area contributed by atoms with Crippen LogP contribution in [0.4, 0.5) is 0 Å². The number of ether oxygens (including phenoxy) is 1. The molecule has 0 aromatic rings. The fraction of sp³-hybridized carbons (Fsp3) is 0.917. The van der Waals surface area contributed by atoms with Gasteiger partial charge in [0, 0.05) is 13.1 Å². The predicted octanol–water partition coefficient (Wildman–Crippen LogP) is 0.996. The van der Waals surface area contributed by atoms with Crippen LogP contribution in [0.15, 0.2) is 0 Å². The minimum absolute atomic E-state index is 0.0661. The number of nitrogens with zero attached hydrogens (tertiary/aromatic N) is 1. The number of nitrogens with two attached hydrogens (primary N) is 1. The Morgan fingerprint density at radius 1 is 1.44 bits per heavy atom. The van der Waals surface area contributed by atoms with Gasteiger partial charge >= 0.3 is 0 Å². The summed E-state index contributed by atoms with van der Waals surface area (Å²) in [5, 5.41) is 0. The van der Waals surface area contributed by atoms with E-state index in [0.29, 0.717) is 13.1 Å². The van der Waals surface area contributed by atoms with E-state index in [1.54, 1.807) is 0 Å². The smallest absolute Gasteiger partial charge is 0.239 e. The minimum Gasteiger partial charge on any atom is -0.372 e. The van der Waals surface area contributed by atoms with Crippen molar-refractivity contribution in [2.45, 2.75) is 52.4 Å². The van der Waals surface area contributed by atoms with Crippen molar-refractivity contribution in [3.63, 3.8) is 0 Å². The number of morpholine rings is 1. The molecular formula is C12H24N2O2. The Morgan fingerprint density at radius 3 is 2.38 bits per heavy atom. The fourth-order valence-corrected chi connectivity index (χ4v) is 2.07. The van der Waals surface area contributed by atoms with Crippen LogP contribution in [0.3, 0.4) is 0 Å². The van der Waals surface area contributed by atoms with E-state index in [0.717, 1.165) is 6.42 Å². The molecule has 0 aliphatic carbocycles. The van der Waals surface area contributed by atoms with E-state index in [4.69, 9.17) is 10.5 Å². The van der Waals surface area contributed by atoms with Crippen molar-refractivity contribution in [3.8, 4) is 0 Å². The summed E-state index contributed by atoms with van der Waals surface area (Å²) >= 11 is 0. The Balaban J connectivity index is 2.59. The van der Waals surface area contributed by atoms with Gasteiger partial charge in [-0.15, -0.1) is 0 Å². The molecule has 4 nitrogen and oxygen atoms in total. The molecule has 1 fully saturated rings. The topological polar surface area (TPSA) is 55.6 Å². The van der Waals surface area contributed by atoms with Crippen molar-refractivity contribution in [2.75, 3.05) is 13.1 Å². The highest BCUT2D eigenvalue weighted by Crippen LogP contribution is 2.14. The molecule has 0 aromatic carbocycles. The lowest BCUT2D eigenvalue weighted by atomic mass is 9.98. The second-order valence-corrected chi connectivity index (χ2v) is 4.91. The van der Waals surface area contributed by atoms with Crippen LogP contribution in [0.2, 0.25) is 0 Å². The lowest BCUT2D eigenvalue weighted by molar-refractivity contribution is -0.145. The Labute approximate surface area is 98.1 Å². The zero-order valence-electron chi connectivity index (χ0n) is 10.8. The number of hydrogen-bond donors (Lipinski definition) is 1. The summed E-state index contributed by atoms with van der Waals surface area (Å²) in [6, 6.07) is -0.373. The standard InChI is InChI=1S/C12H24N2O2/c1-5-8(2)11(13)12(15)14-6-9(3)16-10(4)7-14/h8-11H,5-7,13H2,1-4H3. The molecule has 0 saturated carbocycles. The second kappa shape index (κ2) is 5.64. The summed E-state index contributed by atoms with van der Waals surface area (Å²) in [7, 11) is 0. The van der Waals surface area contributed by atoms with Crippen LogP contribution < -0.4 is 5.73 Å². The summed E-state index contributed by atoms with van der Waals surface area (Å²) in [5.41, 5.74) is 5.96. The molecule has 94 valence electrons. The van der Waals surface area contributed by atoms with Crippen molar-refractivity contribution < 1.29 is 9.53 Å². The molecule has 1 heterocycles. The van der Waals surface area contributed by atoms with E-state index in [-0.39, 0.29) is 30.1 Å². The van der Waals surface area contributed by atoms with Crippen molar-refractivity contribution >= 4 is 5.91 Å². The van der Waals surface area contributed by atoms with E-state index in [9.17, 15) is 4.79 Å². The van der Waals surface area contributed by atoms with Gasteiger partial charge in [0.2, 0.25) is 5.91 Å². The quantitative estimate of drug-likeness (QED) is 0.784. The summed E-state index contributed by atoms with van der Waals surface area (Å²) in [5.74, 6) is 0.303. The molecule has 16 heavy (non-hydrogen) atoms. The Bertz CT molecular complexity index is 235. The Kier molecular flexibility index (Phi) is 4.74. The summed E-state index contributed by atoms with van der Waals surface area (Å²) in [4.78, 5) is 14.0.